The van der Waals surface area contributed by atoms with Crippen molar-refractivity contribution in [3.8, 4) is 0 Å². The van der Waals surface area contributed by atoms with E-state index >= 15 is 0 Å². The molecule has 0 saturated heterocycles. The fourth-order valence-corrected chi connectivity index (χ4v) is 1.98. The second kappa shape index (κ2) is 10.8. The molecule has 0 aliphatic heterocycles. The molecule has 0 aliphatic rings. The zero-order valence-electron chi connectivity index (χ0n) is 15.0. The van der Waals surface area contributed by atoms with Crippen LogP contribution >= 0.6 is 0 Å². The number of benzene rings is 2. The molecule has 0 spiro atoms. The molecule has 2 aromatic rings. The predicted molar refractivity (Wildman–Crippen MR) is 92.3 cm³/mol. The third kappa shape index (κ3) is 8.70. The van der Waals surface area contributed by atoms with Crippen molar-refractivity contribution in [2.75, 3.05) is 0 Å². The van der Waals surface area contributed by atoms with E-state index in [2.05, 4.69) is 0 Å². The first-order valence-electron chi connectivity index (χ1n) is 7.51. The van der Waals surface area contributed by atoms with E-state index in [1.807, 2.05) is 88.4 Å². The molecule has 0 aliphatic carbocycles. The summed E-state index contributed by atoms with van der Waals surface area (Å²) in [5, 5.41) is 16.7. The first-order chi connectivity index (χ1) is 11.1. The Hall–Kier alpha value is -1.11. The van der Waals surface area contributed by atoms with Gasteiger partial charge in [-0.2, -0.15) is 0 Å². The molecule has 0 atom stereocenters. The quantitative estimate of drug-likeness (QED) is 0.457. The van der Waals surface area contributed by atoms with E-state index in [1.165, 1.54) is 0 Å². The van der Waals surface area contributed by atoms with Crippen LogP contribution in [0.3, 0.4) is 0 Å². The van der Waals surface area contributed by atoms with Crippen LogP contribution in [0.5, 0.6) is 0 Å². The predicted octanol–water partition coefficient (Wildman–Crippen LogP) is 1.98. The van der Waals surface area contributed by atoms with E-state index in [0.717, 1.165) is 11.1 Å². The standard InChI is InChI=1S/C18H22O2.CH2O3.Ca/c1-17(2,15-11-7-5-8-12-15)19-20-18(3,4)16-13-9-6-10-14-16;2-1(3)4;/h5-14H,1-4H3;(H2,2,3,4);/q;;+2/p-2. The van der Waals surface area contributed by atoms with Gasteiger partial charge in [0.1, 0.15) is 11.2 Å². The number of rotatable bonds is 5. The van der Waals surface area contributed by atoms with Crippen LogP contribution in [-0.4, -0.2) is 43.9 Å². The van der Waals surface area contributed by atoms with Gasteiger partial charge in [0.25, 0.3) is 0 Å². The number of carbonyl (C=O) groups excluding carboxylic acids is 1. The van der Waals surface area contributed by atoms with Crippen molar-refractivity contribution in [1.29, 1.82) is 0 Å². The average molecular weight is 370 g/mol. The van der Waals surface area contributed by atoms with Gasteiger partial charge in [-0.05, 0) is 45.0 Å². The zero-order chi connectivity index (χ0) is 18.2. The maximum atomic E-state index is 8.33. The molecule has 2 rings (SSSR count). The summed E-state index contributed by atoms with van der Waals surface area (Å²) in [7, 11) is 0. The van der Waals surface area contributed by atoms with E-state index in [9.17, 15) is 0 Å². The molecule has 0 heterocycles. The van der Waals surface area contributed by atoms with Gasteiger partial charge in [0.15, 0.2) is 0 Å². The van der Waals surface area contributed by atoms with Gasteiger partial charge in [-0.1, -0.05) is 60.7 Å². The molecule has 5 nitrogen and oxygen atoms in total. The molecule has 0 saturated carbocycles. The third-order valence-electron chi connectivity index (χ3n) is 3.40. The minimum absolute atomic E-state index is 0. The van der Waals surface area contributed by atoms with E-state index in [1.54, 1.807) is 0 Å². The molecule has 0 fully saturated rings. The first kappa shape index (κ1) is 23.9. The maximum absolute atomic E-state index is 8.33. The molecule has 130 valence electrons. The molecule has 0 bridgehead atoms. The molecule has 6 heteroatoms. The Morgan fingerprint density at radius 3 is 1.20 bits per heavy atom. The third-order valence-corrected chi connectivity index (χ3v) is 3.40. The van der Waals surface area contributed by atoms with E-state index in [4.69, 9.17) is 24.8 Å². The Labute approximate surface area is 178 Å². The molecule has 0 N–H and O–H groups in total. The molecule has 0 amide bonds. The zero-order valence-corrected chi connectivity index (χ0v) is 17.2. The largest absolute Gasteiger partial charge is 2.00 e. The Morgan fingerprint density at radius 1 is 0.720 bits per heavy atom. The fraction of sp³-hybridized carbons (Fsp3) is 0.316. The van der Waals surface area contributed by atoms with E-state index < -0.39 is 17.4 Å². The molecule has 0 aromatic heterocycles. The summed E-state index contributed by atoms with van der Waals surface area (Å²) in [6.45, 7) is 8.01. The van der Waals surface area contributed by atoms with Gasteiger partial charge >= 0.3 is 37.7 Å². The van der Waals surface area contributed by atoms with Gasteiger partial charge in [-0.15, -0.1) is 0 Å². The monoisotopic (exact) mass is 370 g/mol. The summed E-state index contributed by atoms with van der Waals surface area (Å²) < 4.78 is 0. The topological polar surface area (TPSA) is 81.7 Å². The molecule has 25 heavy (non-hydrogen) atoms. The summed E-state index contributed by atoms with van der Waals surface area (Å²) in [4.78, 5) is 19.8. The van der Waals surface area contributed by atoms with E-state index in [0.29, 0.717) is 0 Å². The van der Waals surface area contributed by atoms with Crippen LogP contribution < -0.4 is 10.2 Å². The molecule has 0 unspecified atom stereocenters. The molecular weight excluding hydrogens is 348 g/mol. The Kier molecular flexibility index (Phi) is 10.3. The van der Waals surface area contributed by atoms with Gasteiger partial charge in [-0.3, -0.25) is 0 Å². The van der Waals surface area contributed by atoms with Crippen molar-refractivity contribution in [2.24, 2.45) is 0 Å². The Balaban J connectivity index is 0.00000104. The van der Waals surface area contributed by atoms with Crippen molar-refractivity contribution < 1.29 is 24.8 Å². The van der Waals surface area contributed by atoms with Crippen LogP contribution in [0.25, 0.3) is 0 Å². The number of carboxylic acid groups (broad SMARTS) is 2. The van der Waals surface area contributed by atoms with Gasteiger partial charge in [0, 0.05) is 0 Å². The summed E-state index contributed by atoms with van der Waals surface area (Å²) in [5.41, 5.74) is 1.19. The molecular formula is C19H22CaO5. The summed E-state index contributed by atoms with van der Waals surface area (Å²) in [5.74, 6) is 0. The SMILES string of the molecule is CC(C)(OOC(C)(C)c1ccccc1)c1ccccc1.O=C([O-])[O-].[Ca+2]. The second-order valence-corrected chi connectivity index (χ2v) is 6.17. The first-order valence-corrected chi connectivity index (χ1v) is 7.51. The van der Waals surface area contributed by atoms with Crippen molar-refractivity contribution >= 4 is 43.9 Å². The van der Waals surface area contributed by atoms with Crippen molar-refractivity contribution in [1.82, 2.24) is 0 Å². The Bertz CT molecular complexity index is 571. The van der Waals surface area contributed by atoms with Crippen LogP contribution in [0.4, 0.5) is 4.79 Å². The maximum Gasteiger partial charge on any atom is 2.00 e. The van der Waals surface area contributed by atoms with Gasteiger partial charge in [0.05, 0.1) is 0 Å². The normalized spacial score (nSPS) is 10.9. The Morgan fingerprint density at radius 2 is 0.960 bits per heavy atom. The van der Waals surface area contributed by atoms with Crippen LogP contribution in [0.2, 0.25) is 0 Å². The fourth-order valence-electron chi connectivity index (χ4n) is 1.98. The summed E-state index contributed by atoms with van der Waals surface area (Å²) in [6.07, 6.45) is -2.33. The molecule has 2 aromatic carbocycles. The average Bonchev–Trinajstić information content (AvgIpc) is 2.54. The van der Waals surface area contributed by atoms with E-state index in [-0.39, 0.29) is 37.7 Å². The van der Waals surface area contributed by atoms with Crippen molar-refractivity contribution in [3.63, 3.8) is 0 Å². The van der Waals surface area contributed by atoms with Crippen LogP contribution in [0.1, 0.15) is 38.8 Å². The smallest absolute Gasteiger partial charge is 0.652 e. The van der Waals surface area contributed by atoms with Gasteiger partial charge in [0.2, 0.25) is 0 Å². The van der Waals surface area contributed by atoms with Crippen LogP contribution in [0.15, 0.2) is 60.7 Å². The van der Waals surface area contributed by atoms with Crippen molar-refractivity contribution in [3.05, 3.63) is 71.8 Å². The second-order valence-electron chi connectivity index (χ2n) is 6.17. The number of hydrogen-bond acceptors (Lipinski definition) is 5. The van der Waals surface area contributed by atoms with Crippen LogP contribution in [-0.2, 0) is 21.0 Å². The minimum Gasteiger partial charge on any atom is -0.652 e. The van der Waals surface area contributed by atoms with Crippen molar-refractivity contribution in [2.45, 2.75) is 38.9 Å². The minimum atomic E-state index is -2.33. The van der Waals surface area contributed by atoms with Gasteiger partial charge < -0.3 is 15.0 Å². The van der Waals surface area contributed by atoms with Gasteiger partial charge in [-0.25, -0.2) is 9.78 Å². The molecule has 0 radical (unpaired) electrons. The number of carbonyl (C=O) groups is 1. The summed E-state index contributed by atoms with van der Waals surface area (Å²) in [6, 6.07) is 20.2. The van der Waals surface area contributed by atoms with Crippen LogP contribution in [0, 0.1) is 0 Å². The number of hydrogen-bond donors (Lipinski definition) is 0. The summed E-state index contributed by atoms with van der Waals surface area (Å²) >= 11 is 0.